The quantitative estimate of drug-likeness (QED) is 0.278. The van der Waals surface area contributed by atoms with Gasteiger partial charge in [-0.25, -0.2) is 9.97 Å². The second-order valence-corrected chi connectivity index (χ2v) is 11.4. The highest BCUT2D eigenvalue weighted by atomic mass is 35.5. The van der Waals surface area contributed by atoms with Gasteiger partial charge in [0, 0.05) is 22.2 Å². The Balaban J connectivity index is 1.68. The van der Waals surface area contributed by atoms with Gasteiger partial charge in [-0.1, -0.05) is 67.4 Å². The molecule has 0 saturated heterocycles. The number of carbonyl (C=O) groups is 1. The normalized spacial score (nSPS) is 12.5. The van der Waals surface area contributed by atoms with Crippen LogP contribution in [0.1, 0.15) is 57.9 Å². The zero-order valence-electron chi connectivity index (χ0n) is 22.1. The molecule has 0 saturated carbocycles. The van der Waals surface area contributed by atoms with Crippen LogP contribution in [0.2, 0.25) is 10.0 Å². The van der Waals surface area contributed by atoms with Crippen molar-refractivity contribution in [2.24, 2.45) is 5.92 Å². The molecule has 1 atom stereocenters. The molecule has 3 rings (SSSR count). The van der Waals surface area contributed by atoms with Crippen molar-refractivity contribution in [1.29, 1.82) is 0 Å². The molecule has 3 N–H and O–H groups in total. The number of halogens is 2. The van der Waals surface area contributed by atoms with Crippen LogP contribution in [0.3, 0.4) is 0 Å². The monoisotopic (exact) mass is 542 g/mol. The summed E-state index contributed by atoms with van der Waals surface area (Å²) in [4.78, 5) is 21.8. The smallest absolute Gasteiger partial charge is 0.323 e. The number of aromatic nitrogens is 2. The van der Waals surface area contributed by atoms with Crippen LogP contribution in [-0.4, -0.2) is 27.6 Å². The van der Waals surface area contributed by atoms with Gasteiger partial charge in [-0.05, 0) is 69.2 Å². The third-order valence-corrected chi connectivity index (χ3v) is 6.46. The summed E-state index contributed by atoms with van der Waals surface area (Å²) >= 11 is 12.6. The molecule has 0 aliphatic heterocycles. The number of nitrogens with zero attached hydrogens (tertiary/aromatic N) is 2. The van der Waals surface area contributed by atoms with Crippen molar-refractivity contribution in [3.8, 4) is 11.3 Å². The summed E-state index contributed by atoms with van der Waals surface area (Å²) in [6.07, 6.45) is 3.56. The Hall–Kier alpha value is -2.67. The molecular formula is C29H36Cl2N4O2. The Labute approximate surface area is 230 Å². The molecule has 0 spiro atoms. The van der Waals surface area contributed by atoms with E-state index in [4.69, 9.17) is 38.7 Å². The Morgan fingerprint density at radius 2 is 1.70 bits per heavy atom. The van der Waals surface area contributed by atoms with E-state index in [1.807, 2.05) is 63.2 Å². The number of anilines is 1. The van der Waals surface area contributed by atoms with Gasteiger partial charge in [0.1, 0.15) is 17.5 Å². The third-order valence-electron chi connectivity index (χ3n) is 5.75. The van der Waals surface area contributed by atoms with Crippen molar-refractivity contribution < 1.29 is 9.53 Å². The highest BCUT2D eigenvalue weighted by Crippen LogP contribution is 2.27. The van der Waals surface area contributed by atoms with E-state index in [2.05, 4.69) is 24.1 Å². The van der Waals surface area contributed by atoms with Gasteiger partial charge in [0.2, 0.25) is 0 Å². The Kier molecular flexibility index (Phi) is 9.93. The fourth-order valence-corrected chi connectivity index (χ4v) is 4.50. The summed E-state index contributed by atoms with van der Waals surface area (Å²) in [5.41, 5.74) is 9.89. The fourth-order valence-electron chi connectivity index (χ4n) is 3.92. The molecule has 0 fully saturated rings. The number of esters is 1. The lowest BCUT2D eigenvalue weighted by Crippen LogP contribution is -2.41. The lowest BCUT2D eigenvalue weighted by Gasteiger charge is -2.25. The average Bonchev–Trinajstić information content (AvgIpc) is 2.81. The van der Waals surface area contributed by atoms with Gasteiger partial charge >= 0.3 is 5.97 Å². The molecule has 3 aromatic rings. The lowest BCUT2D eigenvalue weighted by molar-refractivity contribution is -0.158. The molecular weight excluding hydrogens is 507 g/mol. The van der Waals surface area contributed by atoms with Gasteiger partial charge in [-0.3, -0.25) is 4.79 Å². The van der Waals surface area contributed by atoms with Crippen molar-refractivity contribution in [2.75, 3.05) is 5.73 Å². The van der Waals surface area contributed by atoms with E-state index in [-0.39, 0.29) is 12.0 Å². The molecule has 0 amide bonds. The summed E-state index contributed by atoms with van der Waals surface area (Å²) in [5, 5.41) is 4.62. The number of nitrogen functional groups attached to an aromatic ring is 1. The number of benzene rings is 2. The standard InChI is InChI=1S/C29H36Cl2N4O2/c1-18(2)15-25(28(36)37-29(3,4)5)33-16-19-9-11-20(12-10-19)26-17-34-27(32)24(35-26)14-13-21-22(30)7-6-8-23(21)31/h6-12,17-18,25,33H,13-16H2,1-5H3,(H2,32,34)/t25-/m0/s1. The molecule has 1 aromatic heterocycles. The number of ether oxygens (including phenoxy) is 1. The molecule has 0 unspecified atom stereocenters. The van der Waals surface area contributed by atoms with E-state index in [0.29, 0.717) is 53.3 Å². The van der Waals surface area contributed by atoms with E-state index in [9.17, 15) is 4.79 Å². The van der Waals surface area contributed by atoms with Gasteiger partial charge in [0.15, 0.2) is 0 Å². The maximum atomic E-state index is 12.7. The van der Waals surface area contributed by atoms with E-state index >= 15 is 0 Å². The number of hydrogen-bond acceptors (Lipinski definition) is 6. The molecule has 0 radical (unpaired) electrons. The largest absolute Gasteiger partial charge is 0.459 e. The van der Waals surface area contributed by atoms with Gasteiger partial charge in [0.05, 0.1) is 17.6 Å². The van der Waals surface area contributed by atoms with Crippen LogP contribution in [0.4, 0.5) is 5.82 Å². The van der Waals surface area contributed by atoms with E-state index in [0.717, 1.165) is 22.4 Å². The van der Waals surface area contributed by atoms with Crippen LogP contribution in [0.15, 0.2) is 48.7 Å². The first-order chi connectivity index (χ1) is 17.4. The number of rotatable bonds is 10. The summed E-state index contributed by atoms with van der Waals surface area (Å²) in [5.74, 6) is 0.534. The van der Waals surface area contributed by atoms with Crippen LogP contribution in [0.25, 0.3) is 11.3 Å². The first kappa shape index (κ1) is 28.9. The minimum Gasteiger partial charge on any atom is -0.459 e. The summed E-state index contributed by atoms with van der Waals surface area (Å²) in [6.45, 7) is 10.4. The first-order valence-corrected chi connectivity index (χ1v) is 13.3. The van der Waals surface area contributed by atoms with Crippen molar-refractivity contribution in [2.45, 2.75) is 72.1 Å². The second kappa shape index (κ2) is 12.7. The Bertz CT molecular complexity index is 1190. The van der Waals surface area contributed by atoms with E-state index in [1.165, 1.54) is 0 Å². The van der Waals surface area contributed by atoms with Crippen molar-refractivity contribution in [3.05, 3.63) is 75.5 Å². The first-order valence-electron chi connectivity index (χ1n) is 12.5. The van der Waals surface area contributed by atoms with Crippen LogP contribution < -0.4 is 11.1 Å². The van der Waals surface area contributed by atoms with Crippen molar-refractivity contribution in [3.63, 3.8) is 0 Å². The van der Waals surface area contributed by atoms with Gasteiger partial charge in [-0.15, -0.1) is 0 Å². The molecule has 8 heteroatoms. The molecule has 0 bridgehead atoms. The summed E-state index contributed by atoms with van der Waals surface area (Å²) in [6, 6.07) is 13.1. The van der Waals surface area contributed by atoms with Crippen molar-refractivity contribution >= 4 is 35.0 Å². The minimum atomic E-state index is -0.520. The van der Waals surface area contributed by atoms with E-state index < -0.39 is 5.60 Å². The van der Waals surface area contributed by atoms with Gasteiger partial charge < -0.3 is 15.8 Å². The fraction of sp³-hybridized carbons (Fsp3) is 0.414. The number of hydrogen-bond donors (Lipinski definition) is 2. The van der Waals surface area contributed by atoms with Crippen LogP contribution in [0.5, 0.6) is 0 Å². The van der Waals surface area contributed by atoms with Crippen LogP contribution in [-0.2, 0) is 28.9 Å². The Morgan fingerprint density at radius 3 is 2.30 bits per heavy atom. The molecule has 0 aliphatic carbocycles. The molecule has 2 aromatic carbocycles. The number of aryl methyl sites for hydroxylation is 1. The van der Waals surface area contributed by atoms with Crippen LogP contribution >= 0.6 is 23.2 Å². The predicted octanol–water partition coefficient (Wildman–Crippen LogP) is 6.66. The zero-order chi connectivity index (χ0) is 27.2. The summed E-state index contributed by atoms with van der Waals surface area (Å²) in [7, 11) is 0. The number of nitrogens with two attached hydrogens (primary N) is 1. The zero-order valence-corrected chi connectivity index (χ0v) is 23.7. The maximum Gasteiger partial charge on any atom is 0.323 e. The number of carbonyl (C=O) groups excluding carboxylic acids is 1. The molecule has 37 heavy (non-hydrogen) atoms. The highest BCUT2D eigenvalue weighted by molar-refractivity contribution is 6.36. The molecule has 198 valence electrons. The highest BCUT2D eigenvalue weighted by Gasteiger charge is 2.25. The van der Waals surface area contributed by atoms with Gasteiger partial charge in [-0.2, -0.15) is 0 Å². The summed E-state index contributed by atoms with van der Waals surface area (Å²) < 4.78 is 5.61. The minimum absolute atomic E-state index is 0.222. The maximum absolute atomic E-state index is 12.7. The van der Waals surface area contributed by atoms with E-state index in [1.54, 1.807) is 6.20 Å². The van der Waals surface area contributed by atoms with Gasteiger partial charge in [0.25, 0.3) is 0 Å². The average molecular weight is 544 g/mol. The predicted molar refractivity (Wildman–Crippen MR) is 152 cm³/mol. The molecule has 6 nitrogen and oxygen atoms in total. The second-order valence-electron chi connectivity index (χ2n) is 10.6. The molecule has 0 aliphatic rings. The third kappa shape index (κ3) is 8.70. The Morgan fingerprint density at radius 1 is 1.05 bits per heavy atom. The number of nitrogens with one attached hydrogen (secondary N) is 1. The lowest BCUT2D eigenvalue weighted by atomic mass is 10.0. The SMILES string of the molecule is CC(C)C[C@H](NCc1ccc(-c2cnc(N)c(CCc3c(Cl)cccc3Cl)n2)cc1)C(=O)OC(C)(C)C. The van der Waals surface area contributed by atoms with Crippen LogP contribution in [0, 0.1) is 5.92 Å². The molecule has 1 heterocycles. The topological polar surface area (TPSA) is 90.1 Å². The van der Waals surface area contributed by atoms with Crippen molar-refractivity contribution in [1.82, 2.24) is 15.3 Å².